The van der Waals surface area contributed by atoms with E-state index in [0.717, 1.165) is 67.3 Å². The number of para-hydroxylation sites is 2. The highest BCUT2D eigenvalue weighted by atomic mass is 19.4. The van der Waals surface area contributed by atoms with Crippen LogP contribution in [-0.2, 0) is 0 Å². The minimum absolute atomic E-state index is 0.248. The third kappa shape index (κ3) is 7.63. The maximum absolute atomic E-state index is 12.7. The minimum atomic E-state index is -4.73. The predicted octanol–water partition coefficient (Wildman–Crippen LogP) is 15.8. The lowest BCUT2D eigenvalue weighted by Gasteiger charge is -2.26. The van der Waals surface area contributed by atoms with Gasteiger partial charge in [0.25, 0.3) is 0 Å². The number of fused-ring (bicyclic) bond motifs is 3. The molecule has 0 amide bonds. The number of alkyl halides is 3. The Morgan fingerprint density at radius 2 is 0.705 bits per heavy atom. The summed E-state index contributed by atoms with van der Waals surface area (Å²) in [5, 5.41) is 2.48. The number of hydrogen-bond donors (Lipinski definition) is 0. The molecule has 61 heavy (non-hydrogen) atoms. The number of halogens is 3. The average molecular weight is 799 g/mol. The highest BCUT2D eigenvalue weighted by molar-refractivity contribution is 6.09. The molecule has 10 rings (SSSR count). The molecule has 3 nitrogen and oxygen atoms in total. The molecule has 0 bridgehead atoms. The molecule has 0 unspecified atom stereocenters. The number of ether oxygens (including phenoxy) is 1. The van der Waals surface area contributed by atoms with Gasteiger partial charge in [0, 0.05) is 33.5 Å². The molecule has 0 atom stereocenters. The Morgan fingerprint density at radius 3 is 1.16 bits per heavy atom. The molecule has 0 aliphatic carbocycles. The summed E-state index contributed by atoms with van der Waals surface area (Å²) < 4.78 is 44.6. The third-order valence-corrected chi connectivity index (χ3v) is 11.1. The van der Waals surface area contributed by atoms with Gasteiger partial charge in [0.15, 0.2) is 0 Å². The van der Waals surface area contributed by atoms with Crippen LogP contribution in [0.2, 0.25) is 0 Å². The number of aromatic nitrogens is 1. The van der Waals surface area contributed by atoms with Crippen molar-refractivity contribution in [1.29, 1.82) is 0 Å². The zero-order valence-corrected chi connectivity index (χ0v) is 32.8. The van der Waals surface area contributed by atoms with Gasteiger partial charge in [0.2, 0.25) is 0 Å². The fourth-order valence-corrected chi connectivity index (χ4v) is 8.22. The smallest absolute Gasteiger partial charge is 0.406 e. The van der Waals surface area contributed by atoms with Crippen LogP contribution in [0.25, 0.3) is 72.0 Å². The summed E-state index contributed by atoms with van der Waals surface area (Å²) in [7, 11) is 0. The van der Waals surface area contributed by atoms with Crippen molar-refractivity contribution < 1.29 is 17.9 Å². The Hall–Kier alpha value is -7.83. The van der Waals surface area contributed by atoms with E-state index in [0.29, 0.717) is 0 Å². The van der Waals surface area contributed by atoms with E-state index in [1.807, 2.05) is 30.3 Å². The lowest BCUT2D eigenvalue weighted by atomic mass is 9.98. The molecule has 0 fully saturated rings. The van der Waals surface area contributed by atoms with Crippen molar-refractivity contribution in [1.82, 2.24) is 4.57 Å². The first-order chi connectivity index (χ1) is 29.8. The molecule has 0 saturated carbocycles. The second-order valence-electron chi connectivity index (χ2n) is 14.9. The Morgan fingerprint density at radius 1 is 0.344 bits per heavy atom. The van der Waals surface area contributed by atoms with Crippen LogP contribution in [0, 0.1) is 0 Å². The average Bonchev–Trinajstić information content (AvgIpc) is 3.64. The van der Waals surface area contributed by atoms with E-state index in [1.54, 1.807) is 12.1 Å². The van der Waals surface area contributed by atoms with Crippen molar-refractivity contribution in [2.24, 2.45) is 0 Å². The van der Waals surface area contributed by atoms with E-state index < -0.39 is 6.36 Å². The summed E-state index contributed by atoms with van der Waals surface area (Å²) >= 11 is 0. The fraction of sp³-hybridized carbons (Fsp3) is 0.0182. The van der Waals surface area contributed by atoms with Crippen LogP contribution in [-0.4, -0.2) is 10.9 Å². The summed E-state index contributed by atoms with van der Waals surface area (Å²) in [6.07, 6.45) is -4.73. The zero-order valence-electron chi connectivity index (χ0n) is 32.8. The maximum Gasteiger partial charge on any atom is 0.573 e. The Labute approximate surface area is 351 Å². The minimum Gasteiger partial charge on any atom is -0.406 e. The lowest BCUT2D eigenvalue weighted by molar-refractivity contribution is -0.274. The molecule has 0 aliphatic heterocycles. The second kappa shape index (κ2) is 15.7. The van der Waals surface area contributed by atoms with Crippen molar-refractivity contribution in [2.75, 3.05) is 4.90 Å². The van der Waals surface area contributed by atoms with E-state index in [9.17, 15) is 13.2 Å². The molecule has 0 radical (unpaired) electrons. The van der Waals surface area contributed by atoms with Crippen LogP contribution in [0.4, 0.5) is 30.2 Å². The van der Waals surface area contributed by atoms with E-state index in [1.165, 1.54) is 33.9 Å². The largest absolute Gasteiger partial charge is 0.573 e. The van der Waals surface area contributed by atoms with Crippen molar-refractivity contribution in [3.05, 3.63) is 224 Å². The van der Waals surface area contributed by atoms with Crippen LogP contribution in [0.5, 0.6) is 5.75 Å². The van der Waals surface area contributed by atoms with Gasteiger partial charge in [0.05, 0.1) is 11.0 Å². The number of nitrogens with zero attached hydrogens (tertiary/aromatic N) is 2. The first kappa shape index (κ1) is 37.4. The molecule has 1 aromatic heterocycles. The standard InChI is InChI=1S/C55H37F3N2O/c56-55(57,58)61-50-35-25-43(26-36-50)45-12-8-11-44(37-45)42-23-31-48(32-24-42)59(46-27-17-39(18-28-46)38-9-2-1-3-10-38)47-29-19-40(20-30-47)41-21-33-49(34-22-41)60-53-15-6-4-13-51(53)52-14-5-7-16-54(52)60/h1-37H. The van der Waals surface area contributed by atoms with Crippen molar-refractivity contribution in [3.63, 3.8) is 0 Å². The summed E-state index contributed by atoms with van der Waals surface area (Å²) in [6, 6.07) is 76.0. The van der Waals surface area contributed by atoms with Gasteiger partial charge >= 0.3 is 6.36 Å². The van der Waals surface area contributed by atoms with Crippen LogP contribution in [0.1, 0.15) is 0 Å². The second-order valence-corrected chi connectivity index (χ2v) is 14.9. The van der Waals surface area contributed by atoms with E-state index in [-0.39, 0.29) is 5.75 Å². The Balaban J connectivity index is 0.953. The summed E-state index contributed by atoms with van der Waals surface area (Å²) in [4.78, 5) is 2.26. The van der Waals surface area contributed by atoms with Gasteiger partial charge in [-0.2, -0.15) is 0 Å². The van der Waals surface area contributed by atoms with E-state index in [4.69, 9.17) is 0 Å². The lowest BCUT2D eigenvalue weighted by Crippen LogP contribution is -2.16. The molecule has 0 spiro atoms. The quantitative estimate of drug-likeness (QED) is 0.145. The Bertz CT molecular complexity index is 3050. The van der Waals surface area contributed by atoms with Gasteiger partial charge in [-0.3, -0.25) is 0 Å². The van der Waals surface area contributed by atoms with Crippen LogP contribution in [0.3, 0.4) is 0 Å². The van der Waals surface area contributed by atoms with Gasteiger partial charge < -0.3 is 14.2 Å². The van der Waals surface area contributed by atoms with Crippen molar-refractivity contribution in [3.8, 4) is 55.9 Å². The molecule has 9 aromatic carbocycles. The molecule has 0 aliphatic rings. The first-order valence-corrected chi connectivity index (χ1v) is 20.1. The third-order valence-electron chi connectivity index (χ3n) is 11.1. The van der Waals surface area contributed by atoms with Gasteiger partial charge in [-0.05, 0) is 123 Å². The first-order valence-electron chi connectivity index (χ1n) is 20.1. The van der Waals surface area contributed by atoms with Gasteiger partial charge in [0.1, 0.15) is 5.75 Å². The molecule has 0 N–H and O–H groups in total. The molecule has 0 saturated heterocycles. The molecule has 1 heterocycles. The summed E-state index contributed by atoms with van der Waals surface area (Å²) in [6.45, 7) is 0. The highest BCUT2D eigenvalue weighted by Crippen LogP contribution is 2.39. The summed E-state index contributed by atoms with van der Waals surface area (Å²) in [5.74, 6) is -0.248. The van der Waals surface area contributed by atoms with Gasteiger partial charge in [-0.1, -0.05) is 146 Å². The van der Waals surface area contributed by atoms with Crippen molar-refractivity contribution >= 4 is 38.9 Å². The van der Waals surface area contributed by atoms with E-state index >= 15 is 0 Å². The number of benzene rings is 9. The van der Waals surface area contributed by atoms with E-state index in [2.05, 4.69) is 184 Å². The van der Waals surface area contributed by atoms with Crippen molar-refractivity contribution in [2.45, 2.75) is 6.36 Å². The number of hydrogen-bond acceptors (Lipinski definition) is 2. The highest BCUT2D eigenvalue weighted by Gasteiger charge is 2.31. The van der Waals surface area contributed by atoms with Crippen LogP contribution in [0.15, 0.2) is 224 Å². The molecule has 294 valence electrons. The maximum atomic E-state index is 12.7. The molecular weight excluding hydrogens is 762 g/mol. The fourth-order valence-electron chi connectivity index (χ4n) is 8.22. The predicted molar refractivity (Wildman–Crippen MR) is 244 cm³/mol. The van der Waals surface area contributed by atoms with Gasteiger partial charge in [-0.15, -0.1) is 13.2 Å². The zero-order chi connectivity index (χ0) is 41.3. The normalized spacial score (nSPS) is 11.5. The SMILES string of the molecule is FC(F)(F)Oc1ccc(-c2cccc(-c3ccc(N(c4ccc(-c5ccccc5)cc4)c4ccc(-c5ccc(-n6c7ccccc7c7ccccc76)cc5)cc4)cc3)c2)cc1. The topological polar surface area (TPSA) is 17.4 Å². The number of rotatable bonds is 9. The monoisotopic (exact) mass is 798 g/mol. The Kier molecular flexibility index (Phi) is 9.66. The van der Waals surface area contributed by atoms with Crippen LogP contribution >= 0.6 is 0 Å². The molecular formula is C55H37F3N2O. The number of anilines is 3. The molecule has 6 heteroatoms. The van der Waals surface area contributed by atoms with Crippen LogP contribution < -0.4 is 9.64 Å². The summed E-state index contributed by atoms with van der Waals surface area (Å²) in [5.41, 5.74) is 14.8. The molecule has 10 aromatic rings. The van der Waals surface area contributed by atoms with Gasteiger partial charge in [-0.25, -0.2) is 0 Å².